The van der Waals surface area contributed by atoms with Gasteiger partial charge in [0.25, 0.3) is 0 Å². The van der Waals surface area contributed by atoms with Crippen molar-refractivity contribution in [3.05, 3.63) is 34.9 Å². The lowest BCUT2D eigenvalue weighted by molar-refractivity contribution is 0.127. The number of likely N-dealkylation sites (tertiary alicyclic amines) is 1. The summed E-state index contributed by atoms with van der Waals surface area (Å²) < 4.78 is 0. The van der Waals surface area contributed by atoms with Crippen LogP contribution in [0.25, 0.3) is 0 Å². The second-order valence-electron chi connectivity index (χ2n) is 6.14. The molecule has 0 aromatic heterocycles. The van der Waals surface area contributed by atoms with Gasteiger partial charge >= 0.3 is 0 Å². The Kier molecular flexibility index (Phi) is 5.37. The van der Waals surface area contributed by atoms with Crippen LogP contribution in [0.3, 0.4) is 0 Å². The number of hydrogen-bond acceptors (Lipinski definition) is 3. The normalized spacial score (nSPS) is 17.3. The molecular formula is C17H28N4. The maximum atomic E-state index is 7.50. The van der Waals surface area contributed by atoms with E-state index < -0.39 is 0 Å². The van der Waals surface area contributed by atoms with Crippen molar-refractivity contribution in [3.8, 4) is 0 Å². The molecule has 0 aliphatic carbocycles. The van der Waals surface area contributed by atoms with E-state index >= 15 is 0 Å². The molecule has 1 heterocycles. The van der Waals surface area contributed by atoms with Gasteiger partial charge in [-0.25, -0.2) is 0 Å². The van der Waals surface area contributed by atoms with Crippen LogP contribution in [0.15, 0.2) is 18.2 Å². The molecule has 0 atom stereocenters. The number of nitrogens with one attached hydrogen (secondary N) is 1. The second-order valence-corrected chi connectivity index (χ2v) is 6.14. The smallest absolute Gasteiger partial charge is 0.122 e. The molecule has 1 aliphatic rings. The lowest BCUT2D eigenvalue weighted by Crippen LogP contribution is -2.42. The van der Waals surface area contributed by atoms with Gasteiger partial charge in [-0.05, 0) is 63.6 Å². The van der Waals surface area contributed by atoms with Crippen LogP contribution in [-0.2, 0) is 6.54 Å². The molecule has 4 nitrogen and oxygen atoms in total. The van der Waals surface area contributed by atoms with Crippen LogP contribution < -0.4 is 5.73 Å². The monoisotopic (exact) mass is 288 g/mol. The van der Waals surface area contributed by atoms with Crippen molar-refractivity contribution >= 4 is 5.84 Å². The Bertz CT molecular complexity index is 490. The largest absolute Gasteiger partial charge is 0.384 e. The lowest BCUT2D eigenvalue weighted by atomic mass is 10.0. The summed E-state index contributed by atoms with van der Waals surface area (Å²) in [4.78, 5) is 5.00. The van der Waals surface area contributed by atoms with Gasteiger partial charge in [-0.1, -0.05) is 19.1 Å². The zero-order valence-corrected chi connectivity index (χ0v) is 13.5. The first-order chi connectivity index (χ1) is 10.0. The van der Waals surface area contributed by atoms with Crippen molar-refractivity contribution in [2.45, 2.75) is 39.3 Å². The maximum absolute atomic E-state index is 7.50. The minimum Gasteiger partial charge on any atom is -0.384 e. The van der Waals surface area contributed by atoms with E-state index in [9.17, 15) is 0 Å². The van der Waals surface area contributed by atoms with E-state index in [2.05, 4.69) is 36.8 Å². The molecule has 0 amide bonds. The number of piperidine rings is 1. The van der Waals surface area contributed by atoms with Gasteiger partial charge in [-0.3, -0.25) is 10.3 Å². The summed E-state index contributed by atoms with van der Waals surface area (Å²) in [6.07, 6.45) is 2.52. The molecule has 1 aliphatic heterocycles. The summed E-state index contributed by atoms with van der Waals surface area (Å²) in [5, 5.41) is 7.50. The van der Waals surface area contributed by atoms with Crippen molar-refractivity contribution in [2.75, 3.05) is 26.7 Å². The van der Waals surface area contributed by atoms with Crippen LogP contribution in [0, 0.1) is 12.3 Å². The summed E-state index contributed by atoms with van der Waals surface area (Å²) >= 11 is 0. The second kappa shape index (κ2) is 7.05. The van der Waals surface area contributed by atoms with Gasteiger partial charge in [0.2, 0.25) is 0 Å². The van der Waals surface area contributed by atoms with Crippen LogP contribution >= 0.6 is 0 Å². The van der Waals surface area contributed by atoms with Gasteiger partial charge in [0.15, 0.2) is 0 Å². The van der Waals surface area contributed by atoms with Gasteiger partial charge in [-0.2, -0.15) is 0 Å². The Labute approximate surface area is 128 Å². The topological polar surface area (TPSA) is 56.4 Å². The van der Waals surface area contributed by atoms with Crippen LogP contribution in [0.2, 0.25) is 0 Å². The predicted molar refractivity (Wildman–Crippen MR) is 88.8 cm³/mol. The third-order valence-electron chi connectivity index (χ3n) is 4.70. The Morgan fingerprint density at radius 1 is 1.38 bits per heavy atom. The average Bonchev–Trinajstić information content (AvgIpc) is 2.49. The fourth-order valence-corrected chi connectivity index (χ4v) is 3.11. The molecule has 1 fully saturated rings. The number of hydrogen-bond donors (Lipinski definition) is 2. The molecule has 1 aromatic rings. The van der Waals surface area contributed by atoms with Crippen LogP contribution in [-0.4, -0.2) is 48.4 Å². The Hall–Kier alpha value is -1.39. The van der Waals surface area contributed by atoms with E-state index in [-0.39, 0.29) is 5.84 Å². The highest BCUT2D eigenvalue weighted by Gasteiger charge is 2.21. The highest BCUT2D eigenvalue weighted by Crippen LogP contribution is 2.19. The molecule has 2 rings (SSSR count). The summed E-state index contributed by atoms with van der Waals surface area (Å²) in [5.41, 5.74) is 8.92. The third-order valence-corrected chi connectivity index (χ3v) is 4.70. The molecule has 21 heavy (non-hydrogen) atoms. The Morgan fingerprint density at radius 2 is 2.05 bits per heavy atom. The number of nitrogen functional groups attached to an aromatic ring is 1. The summed E-state index contributed by atoms with van der Waals surface area (Å²) in [7, 11) is 2.23. The molecule has 3 N–H and O–H groups in total. The minimum absolute atomic E-state index is 0.143. The van der Waals surface area contributed by atoms with Gasteiger partial charge < -0.3 is 10.6 Å². The average molecular weight is 288 g/mol. The van der Waals surface area contributed by atoms with Crippen molar-refractivity contribution < 1.29 is 0 Å². The van der Waals surface area contributed by atoms with Gasteiger partial charge in [0.1, 0.15) is 5.84 Å². The highest BCUT2D eigenvalue weighted by atomic mass is 15.2. The molecule has 4 heteroatoms. The van der Waals surface area contributed by atoms with E-state index in [1.165, 1.54) is 43.6 Å². The summed E-state index contributed by atoms with van der Waals surface area (Å²) in [6.45, 7) is 8.92. The fraction of sp³-hybridized carbons (Fsp3) is 0.588. The first-order valence-electron chi connectivity index (χ1n) is 7.87. The van der Waals surface area contributed by atoms with Crippen molar-refractivity contribution in [3.63, 3.8) is 0 Å². The number of nitrogens with zero attached hydrogens (tertiary/aromatic N) is 2. The first kappa shape index (κ1) is 16.0. The van der Waals surface area contributed by atoms with Gasteiger partial charge in [0.05, 0.1) is 0 Å². The van der Waals surface area contributed by atoms with Crippen LogP contribution in [0.4, 0.5) is 0 Å². The molecule has 1 aromatic carbocycles. The van der Waals surface area contributed by atoms with E-state index in [1.807, 2.05) is 12.1 Å². The molecule has 0 spiro atoms. The molecule has 0 bridgehead atoms. The fourth-order valence-electron chi connectivity index (χ4n) is 3.11. The van der Waals surface area contributed by atoms with E-state index in [1.54, 1.807) is 0 Å². The molecule has 0 saturated carbocycles. The number of amidine groups is 1. The first-order valence-corrected chi connectivity index (χ1v) is 7.87. The molecular weight excluding hydrogens is 260 g/mol. The standard InChI is InChI=1S/C17H28N4/c1-4-21-9-7-16(8-10-21)20(3)12-15-6-5-14(17(18)19)11-13(15)2/h5-6,11,16H,4,7-10,12H2,1-3H3,(H3,18,19). The zero-order valence-electron chi connectivity index (χ0n) is 13.5. The number of rotatable bonds is 5. The van der Waals surface area contributed by atoms with Crippen LogP contribution in [0.1, 0.15) is 36.5 Å². The van der Waals surface area contributed by atoms with Crippen LogP contribution in [0.5, 0.6) is 0 Å². The third kappa shape index (κ3) is 4.05. The lowest BCUT2D eigenvalue weighted by Gasteiger charge is -2.36. The van der Waals surface area contributed by atoms with Crippen molar-refractivity contribution in [2.24, 2.45) is 5.73 Å². The van der Waals surface area contributed by atoms with Crippen molar-refractivity contribution in [1.82, 2.24) is 9.80 Å². The van der Waals surface area contributed by atoms with E-state index in [0.717, 1.165) is 12.1 Å². The molecule has 116 valence electrons. The SMILES string of the molecule is CCN1CCC(N(C)Cc2ccc(C(=N)N)cc2C)CC1. The van der Waals surface area contributed by atoms with Gasteiger partial charge in [0, 0.05) is 18.2 Å². The quantitative estimate of drug-likeness (QED) is 0.645. The Balaban J connectivity index is 1.96. The minimum atomic E-state index is 0.143. The molecule has 0 radical (unpaired) electrons. The van der Waals surface area contributed by atoms with Gasteiger partial charge in [-0.15, -0.1) is 0 Å². The van der Waals surface area contributed by atoms with E-state index in [0.29, 0.717) is 6.04 Å². The van der Waals surface area contributed by atoms with E-state index in [4.69, 9.17) is 11.1 Å². The number of nitrogens with two attached hydrogens (primary N) is 1. The molecule has 0 unspecified atom stereocenters. The number of aryl methyl sites for hydroxylation is 1. The zero-order chi connectivity index (χ0) is 15.4. The predicted octanol–water partition coefficient (Wildman–Crippen LogP) is 2.20. The Morgan fingerprint density at radius 3 is 2.57 bits per heavy atom. The summed E-state index contributed by atoms with van der Waals surface area (Å²) in [6, 6.07) is 6.77. The highest BCUT2D eigenvalue weighted by molar-refractivity contribution is 5.95. The van der Waals surface area contributed by atoms with Crippen molar-refractivity contribution in [1.29, 1.82) is 5.41 Å². The maximum Gasteiger partial charge on any atom is 0.122 e. The molecule has 1 saturated heterocycles. The number of benzene rings is 1. The summed E-state index contributed by atoms with van der Waals surface area (Å²) in [5.74, 6) is 0.143.